The van der Waals surface area contributed by atoms with E-state index in [1.807, 2.05) is 32.0 Å². The number of rotatable bonds is 3. The van der Waals surface area contributed by atoms with Gasteiger partial charge >= 0.3 is 0 Å². The zero-order valence-corrected chi connectivity index (χ0v) is 12.6. The number of nitrogens with one attached hydrogen (secondary N) is 1. The van der Waals surface area contributed by atoms with Crippen LogP contribution in [0.5, 0.6) is 0 Å². The molecule has 0 radical (unpaired) electrons. The zero-order chi connectivity index (χ0) is 14.0. The number of nitrogens with zero attached hydrogens (tertiary/aromatic N) is 2. The second-order valence-corrected chi connectivity index (χ2v) is 5.75. The van der Waals surface area contributed by atoms with Crippen LogP contribution in [0.15, 0.2) is 18.2 Å². The lowest BCUT2D eigenvalue weighted by Gasteiger charge is -2.09. The number of hydrogen-bond donors (Lipinski definition) is 1. The molecular formula is C15H19N3S. The summed E-state index contributed by atoms with van der Waals surface area (Å²) in [6.07, 6.45) is 0.974. The summed E-state index contributed by atoms with van der Waals surface area (Å²) in [5.41, 5.74) is 4.16. The first-order valence-electron chi connectivity index (χ1n) is 6.50. The van der Waals surface area contributed by atoms with Crippen molar-refractivity contribution in [3.8, 4) is 11.4 Å². The normalized spacial score (nSPS) is 11.0. The van der Waals surface area contributed by atoms with Gasteiger partial charge in [0.15, 0.2) is 0 Å². The topological polar surface area (TPSA) is 41.6 Å². The van der Waals surface area contributed by atoms with Crippen LogP contribution in [-0.2, 0) is 6.42 Å². The Hall–Kier alpha value is -1.55. The van der Waals surface area contributed by atoms with E-state index in [1.54, 1.807) is 0 Å². The first kappa shape index (κ1) is 13.9. The highest BCUT2D eigenvalue weighted by Gasteiger charge is 2.06. The molecule has 0 aliphatic heterocycles. The molecule has 0 atom stereocenters. The molecule has 0 saturated heterocycles. The predicted octanol–water partition coefficient (Wildman–Crippen LogP) is 4.02. The lowest BCUT2D eigenvalue weighted by molar-refractivity contribution is 0.634. The van der Waals surface area contributed by atoms with E-state index in [2.05, 4.69) is 28.8 Å². The van der Waals surface area contributed by atoms with Crippen LogP contribution in [0.4, 0.5) is 0 Å². The molecule has 3 nitrogen and oxygen atoms in total. The van der Waals surface area contributed by atoms with E-state index in [0.29, 0.717) is 10.6 Å². The maximum absolute atomic E-state index is 5.26. The van der Waals surface area contributed by atoms with Gasteiger partial charge in [0.2, 0.25) is 0 Å². The molecule has 0 amide bonds. The van der Waals surface area contributed by atoms with E-state index < -0.39 is 0 Å². The minimum absolute atomic E-state index is 0.585. The molecule has 0 spiro atoms. The monoisotopic (exact) mass is 273 g/mol. The molecule has 19 heavy (non-hydrogen) atoms. The highest BCUT2D eigenvalue weighted by Crippen LogP contribution is 2.18. The van der Waals surface area contributed by atoms with Crippen molar-refractivity contribution in [2.45, 2.75) is 34.1 Å². The second-order valence-electron chi connectivity index (χ2n) is 5.33. The van der Waals surface area contributed by atoms with Crippen LogP contribution >= 0.6 is 12.2 Å². The van der Waals surface area contributed by atoms with Crippen molar-refractivity contribution in [2.75, 3.05) is 0 Å². The Morgan fingerprint density at radius 2 is 1.74 bits per heavy atom. The summed E-state index contributed by atoms with van der Waals surface area (Å²) in [6.45, 7) is 8.36. The van der Waals surface area contributed by atoms with E-state index in [-0.39, 0.29) is 0 Å². The second kappa shape index (κ2) is 5.61. The van der Waals surface area contributed by atoms with Crippen LogP contribution < -0.4 is 0 Å². The predicted molar refractivity (Wildman–Crippen MR) is 80.7 cm³/mol. The quantitative estimate of drug-likeness (QED) is 0.859. The smallest absolute Gasteiger partial charge is 0.139 e. The average molecular weight is 273 g/mol. The van der Waals surface area contributed by atoms with E-state index in [4.69, 9.17) is 12.2 Å². The molecule has 0 unspecified atom stereocenters. The van der Waals surface area contributed by atoms with Crippen LogP contribution in [0.1, 0.15) is 30.9 Å². The van der Waals surface area contributed by atoms with Crippen LogP contribution in [-0.4, -0.2) is 15.0 Å². The zero-order valence-electron chi connectivity index (χ0n) is 11.8. The van der Waals surface area contributed by atoms with Gasteiger partial charge in [-0.25, -0.2) is 4.98 Å². The fraction of sp³-hybridized carbons (Fsp3) is 0.400. The third-order valence-electron chi connectivity index (χ3n) is 2.78. The first-order chi connectivity index (χ1) is 8.94. The molecule has 0 aliphatic carbocycles. The van der Waals surface area contributed by atoms with Crippen LogP contribution in [0.2, 0.25) is 0 Å². The Morgan fingerprint density at radius 3 is 2.32 bits per heavy atom. The average Bonchev–Trinajstić information content (AvgIpc) is 2.25. The first-order valence-corrected chi connectivity index (χ1v) is 6.91. The van der Waals surface area contributed by atoms with Gasteiger partial charge in [-0.05, 0) is 44.4 Å². The minimum atomic E-state index is 0.585. The summed E-state index contributed by atoms with van der Waals surface area (Å²) in [4.78, 5) is 12.2. The van der Waals surface area contributed by atoms with Gasteiger partial charge in [-0.2, -0.15) is 0 Å². The molecule has 0 aliphatic rings. The minimum Gasteiger partial charge on any atom is -0.343 e. The standard InChI is InChI=1S/C15H19N3S/c1-9(2)5-13-8-14(19)18-15(17-13)12-6-10(3)16-11(4)7-12/h6-9H,5H2,1-4H3,(H,17,18,19). The summed E-state index contributed by atoms with van der Waals surface area (Å²) in [5, 5.41) is 0. The van der Waals surface area contributed by atoms with Crippen molar-refractivity contribution in [3.05, 3.63) is 39.9 Å². The SMILES string of the molecule is Cc1cc(-c2nc(=S)cc(CC(C)C)[nH]2)cc(C)n1. The Bertz CT molecular complexity index is 624. The van der Waals surface area contributed by atoms with Crippen molar-refractivity contribution >= 4 is 12.2 Å². The van der Waals surface area contributed by atoms with Gasteiger partial charge in [-0.3, -0.25) is 4.98 Å². The van der Waals surface area contributed by atoms with E-state index in [1.165, 1.54) is 0 Å². The number of hydrogen-bond acceptors (Lipinski definition) is 3. The summed E-state index contributed by atoms with van der Waals surface area (Å²) in [6, 6.07) is 6.00. The Morgan fingerprint density at radius 1 is 1.11 bits per heavy atom. The van der Waals surface area contributed by atoms with Gasteiger partial charge in [-0.15, -0.1) is 0 Å². The molecule has 0 fully saturated rings. The molecule has 100 valence electrons. The van der Waals surface area contributed by atoms with Gasteiger partial charge in [0.25, 0.3) is 0 Å². The number of aromatic amines is 1. The molecule has 4 heteroatoms. The van der Waals surface area contributed by atoms with Gasteiger partial charge in [0, 0.05) is 22.6 Å². The Labute approximate surface area is 119 Å². The van der Waals surface area contributed by atoms with Crippen molar-refractivity contribution in [2.24, 2.45) is 5.92 Å². The highest BCUT2D eigenvalue weighted by atomic mass is 32.1. The van der Waals surface area contributed by atoms with Gasteiger partial charge in [0.1, 0.15) is 10.5 Å². The molecule has 1 N–H and O–H groups in total. The van der Waals surface area contributed by atoms with Crippen molar-refractivity contribution in [1.29, 1.82) is 0 Å². The largest absolute Gasteiger partial charge is 0.343 e. The molecular weight excluding hydrogens is 254 g/mol. The van der Waals surface area contributed by atoms with Crippen LogP contribution in [0.25, 0.3) is 11.4 Å². The van der Waals surface area contributed by atoms with Crippen molar-refractivity contribution < 1.29 is 0 Å². The molecule has 0 saturated carbocycles. The number of aryl methyl sites for hydroxylation is 2. The van der Waals surface area contributed by atoms with Crippen molar-refractivity contribution in [1.82, 2.24) is 15.0 Å². The number of H-pyrrole nitrogens is 1. The maximum atomic E-state index is 5.26. The molecule has 2 heterocycles. The van der Waals surface area contributed by atoms with Gasteiger partial charge in [-0.1, -0.05) is 26.1 Å². The third kappa shape index (κ3) is 3.70. The highest BCUT2D eigenvalue weighted by molar-refractivity contribution is 7.71. The molecule has 2 rings (SSSR count). The lowest BCUT2D eigenvalue weighted by Crippen LogP contribution is -2.01. The third-order valence-corrected chi connectivity index (χ3v) is 2.99. The fourth-order valence-corrected chi connectivity index (χ4v) is 2.40. The molecule has 0 aromatic carbocycles. The van der Waals surface area contributed by atoms with E-state index in [0.717, 1.165) is 34.9 Å². The number of aromatic nitrogens is 3. The van der Waals surface area contributed by atoms with Gasteiger partial charge in [0.05, 0.1) is 0 Å². The fourth-order valence-electron chi connectivity index (χ4n) is 2.17. The summed E-state index contributed by atoms with van der Waals surface area (Å²) >= 11 is 5.26. The number of pyridine rings is 1. The van der Waals surface area contributed by atoms with Crippen molar-refractivity contribution in [3.63, 3.8) is 0 Å². The van der Waals surface area contributed by atoms with Crippen LogP contribution in [0.3, 0.4) is 0 Å². The summed E-state index contributed by atoms with van der Waals surface area (Å²) in [5.74, 6) is 1.42. The maximum Gasteiger partial charge on any atom is 0.139 e. The molecule has 2 aromatic heterocycles. The molecule has 2 aromatic rings. The Kier molecular flexibility index (Phi) is 4.10. The van der Waals surface area contributed by atoms with Crippen LogP contribution in [0, 0.1) is 24.4 Å². The van der Waals surface area contributed by atoms with E-state index >= 15 is 0 Å². The lowest BCUT2D eigenvalue weighted by atomic mass is 10.1. The van der Waals surface area contributed by atoms with Gasteiger partial charge < -0.3 is 4.98 Å². The summed E-state index contributed by atoms with van der Waals surface area (Å²) in [7, 11) is 0. The Balaban J connectivity index is 2.49. The van der Waals surface area contributed by atoms with E-state index in [9.17, 15) is 0 Å². The summed E-state index contributed by atoms with van der Waals surface area (Å²) < 4.78 is 0.636. The molecule has 0 bridgehead atoms.